The van der Waals surface area contributed by atoms with Crippen molar-refractivity contribution in [2.24, 2.45) is 5.73 Å². The Morgan fingerprint density at radius 1 is 1.13 bits per heavy atom. The fourth-order valence-corrected chi connectivity index (χ4v) is 4.89. The zero-order valence-electron chi connectivity index (χ0n) is 24.4. The number of aliphatic hydroxyl groups is 1. The predicted octanol–water partition coefficient (Wildman–Crippen LogP) is 4.79. The van der Waals surface area contributed by atoms with Gasteiger partial charge < -0.3 is 25.6 Å². The number of nitrogens with zero attached hydrogens (tertiary/aromatic N) is 4. The van der Waals surface area contributed by atoms with E-state index in [2.05, 4.69) is 20.3 Å². The van der Waals surface area contributed by atoms with Crippen LogP contribution in [0.3, 0.4) is 0 Å². The summed E-state index contributed by atoms with van der Waals surface area (Å²) in [5.74, 6) is -1.87. The predicted molar refractivity (Wildman–Crippen MR) is 162 cm³/mol. The highest BCUT2D eigenvalue weighted by atomic mass is 35.5. The zero-order valence-corrected chi connectivity index (χ0v) is 25.9. The quantitative estimate of drug-likeness (QED) is 0.213. The lowest BCUT2D eigenvalue weighted by molar-refractivity contribution is -0.265. The number of alkyl halides is 3. The van der Waals surface area contributed by atoms with E-state index in [1.165, 1.54) is 31.4 Å². The number of hydrogen-bond donors (Lipinski definition) is 3. The lowest BCUT2D eigenvalue weighted by Crippen LogP contribution is -2.51. The smallest absolute Gasteiger partial charge is 0.424 e. The number of nitriles is 1. The first-order valence-electron chi connectivity index (χ1n) is 13.4. The minimum Gasteiger partial charge on any atom is -0.494 e. The molecule has 0 saturated heterocycles. The summed E-state index contributed by atoms with van der Waals surface area (Å²) < 4.78 is 55.1. The molecule has 4 rings (SSSR count). The van der Waals surface area contributed by atoms with Crippen molar-refractivity contribution < 1.29 is 37.3 Å². The van der Waals surface area contributed by atoms with Gasteiger partial charge in [0.15, 0.2) is 5.69 Å². The number of nitrogens with one attached hydrogen (secondary N) is 1. The van der Waals surface area contributed by atoms with Gasteiger partial charge in [-0.1, -0.05) is 23.2 Å². The molecule has 16 heteroatoms. The van der Waals surface area contributed by atoms with Gasteiger partial charge in [-0.15, -0.1) is 0 Å². The van der Waals surface area contributed by atoms with Crippen LogP contribution >= 0.6 is 23.2 Å². The number of hydrogen-bond acceptors (Lipinski definition) is 9. The van der Waals surface area contributed by atoms with Crippen molar-refractivity contribution in [2.75, 3.05) is 20.3 Å². The molecule has 240 valence electrons. The minimum absolute atomic E-state index is 0.00630. The molecule has 2 amide bonds. The molecule has 4 N–H and O–H groups in total. The van der Waals surface area contributed by atoms with Gasteiger partial charge >= 0.3 is 6.18 Å². The number of nitrogens with two attached hydrogens (primary N) is 1. The third-order valence-electron chi connectivity index (χ3n) is 6.82. The van der Waals surface area contributed by atoms with E-state index in [4.69, 9.17) is 38.4 Å². The molecular weight excluding hydrogens is 652 g/mol. The van der Waals surface area contributed by atoms with Gasteiger partial charge in [-0.2, -0.15) is 18.4 Å². The molecule has 11 nitrogen and oxygen atoms in total. The number of carbonyl (C=O) groups is 2. The Bertz CT molecular complexity index is 1900. The minimum atomic E-state index is -5.40. The van der Waals surface area contributed by atoms with Crippen LogP contribution in [0.15, 0.2) is 36.5 Å². The normalized spacial score (nSPS) is 12.7. The average molecular weight is 677 g/mol. The molecule has 3 heterocycles. The number of pyridine rings is 3. The fourth-order valence-electron chi connectivity index (χ4n) is 4.52. The number of fused-ring (bicyclic) bond motifs is 1. The largest absolute Gasteiger partial charge is 0.494 e. The van der Waals surface area contributed by atoms with E-state index in [1.54, 1.807) is 19.9 Å². The monoisotopic (exact) mass is 676 g/mol. The summed E-state index contributed by atoms with van der Waals surface area (Å²) in [6.45, 7) is 1.86. The van der Waals surface area contributed by atoms with Gasteiger partial charge in [0.1, 0.15) is 28.8 Å². The Morgan fingerprint density at radius 3 is 2.43 bits per heavy atom. The Kier molecular flexibility index (Phi) is 9.91. The third-order valence-corrected chi connectivity index (χ3v) is 7.49. The second-order valence-corrected chi connectivity index (χ2v) is 10.7. The van der Waals surface area contributed by atoms with E-state index < -0.39 is 42.3 Å². The third kappa shape index (κ3) is 6.76. The molecule has 0 unspecified atom stereocenters. The number of ether oxygens (including phenoxy) is 2. The standard InChI is InChI=1S/C30H25Cl2F3N6O5/c1-4-46-27-16(10-24(37)42)9-23(41-26(27)18-7-20(32)21(11-36)38-12-18)29(44,30(33,34)35)13-39-28(43)17-5-15-6-19(31)14(2)40-25(15)22(8-17)45-3/h5-9,12,44H,4,10,13H2,1-3H3,(H2,37,42)(H,39,43)/t29-/m0/s1. The number of aromatic nitrogens is 3. The fraction of sp³-hybridized carbons (Fsp3) is 0.267. The molecule has 0 aliphatic rings. The maximum Gasteiger partial charge on any atom is 0.424 e. The van der Waals surface area contributed by atoms with Crippen LogP contribution in [0.25, 0.3) is 22.2 Å². The van der Waals surface area contributed by atoms with Crippen LogP contribution in [0, 0.1) is 18.3 Å². The molecule has 0 saturated carbocycles. The summed E-state index contributed by atoms with van der Waals surface area (Å²) >= 11 is 12.3. The van der Waals surface area contributed by atoms with E-state index in [0.717, 1.165) is 12.3 Å². The number of carbonyl (C=O) groups excluding carboxylic acids is 2. The molecule has 1 atom stereocenters. The summed E-state index contributed by atoms with van der Waals surface area (Å²) in [6, 6.07) is 7.98. The van der Waals surface area contributed by atoms with Crippen LogP contribution in [0.2, 0.25) is 10.0 Å². The van der Waals surface area contributed by atoms with Crippen LogP contribution in [-0.2, 0) is 16.8 Å². The van der Waals surface area contributed by atoms with Gasteiger partial charge in [-0.3, -0.25) is 9.59 Å². The van der Waals surface area contributed by atoms with Gasteiger partial charge in [0.25, 0.3) is 5.91 Å². The van der Waals surface area contributed by atoms with E-state index in [0.29, 0.717) is 21.6 Å². The Hall–Kier alpha value is -4.71. The lowest BCUT2D eigenvalue weighted by Gasteiger charge is -2.31. The molecule has 0 spiro atoms. The van der Waals surface area contributed by atoms with Crippen LogP contribution in [-0.4, -0.2) is 58.3 Å². The molecule has 0 fully saturated rings. The highest BCUT2D eigenvalue weighted by Crippen LogP contribution is 2.42. The Balaban J connectivity index is 1.83. The van der Waals surface area contributed by atoms with Crippen molar-refractivity contribution >= 4 is 45.9 Å². The maximum absolute atomic E-state index is 14.7. The molecule has 0 radical (unpaired) electrons. The van der Waals surface area contributed by atoms with Gasteiger partial charge in [-0.05, 0) is 44.2 Å². The average Bonchev–Trinajstić information content (AvgIpc) is 2.99. The molecule has 3 aromatic heterocycles. The van der Waals surface area contributed by atoms with Gasteiger partial charge in [-0.25, -0.2) is 15.0 Å². The second kappa shape index (κ2) is 13.3. The summed E-state index contributed by atoms with van der Waals surface area (Å²) in [5, 5.41) is 23.1. The van der Waals surface area contributed by atoms with E-state index in [-0.39, 0.29) is 51.2 Å². The first-order chi connectivity index (χ1) is 21.6. The van der Waals surface area contributed by atoms with Crippen LogP contribution in [0.1, 0.15) is 39.9 Å². The van der Waals surface area contributed by atoms with Crippen molar-refractivity contribution in [1.29, 1.82) is 5.26 Å². The highest BCUT2D eigenvalue weighted by molar-refractivity contribution is 6.32. The summed E-state index contributed by atoms with van der Waals surface area (Å²) in [4.78, 5) is 37.5. The summed E-state index contributed by atoms with van der Waals surface area (Å²) in [5.41, 5.74) is 0.803. The first kappa shape index (κ1) is 34.2. The number of aryl methyl sites for hydroxylation is 1. The molecule has 46 heavy (non-hydrogen) atoms. The van der Waals surface area contributed by atoms with Crippen LogP contribution < -0.4 is 20.5 Å². The number of amides is 2. The van der Waals surface area contributed by atoms with Crippen molar-refractivity contribution in [2.45, 2.75) is 32.0 Å². The van der Waals surface area contributed by atoms with E-state index in [9.17, 15) is 33.1 Å². The van der Waals surface area contributed by atoms with Crippen LogP contribution in [0.5, 0.6) is 11.5 Å². The highest BCUT2D eigenvalue weighted by Gasteiger charge is 2.56. The molecule has 0 aliphatic carbocycles. The molecular formula is C30H25Cl2F3N6O5. The number of primary amides is 1. The maximum atomic E-state index is 14.7. The summed E-state index contributed by atoms with van der Waals surface area (Å²) in [6.07, 6.45) is -4.88. The van der Waals surface area contributed by atoms with Crippen molar-refractivity contribution in [3.8, 4) is 28.8 Å². The SMILES string of the molecule is CCOc1c(CC(N)=O)cc([C@@](O)(CNC(=O)c2cc(OC)c3nc(C)c(Cl)cc3c2)C(F)(F)F)nc1-c1cnc(C#N)c(Cl)c1. The van der Waals surface area contributed by atoms with Gasteiger partial charge in [0, 0.05) is 28.3 Å². The topological polar surface area (TPSA) is 173 Å². The van der Waals surface area contributed by atoms with Crippen LogP contribution in [0.4, 0.5) is 13.2 Å². The van der Waals surface area contributed by atoms with Crippen molar-refractivity contribution in [3.05, 3.63) is 74.8 Å². The van der Waals surface area contributed by atoms with Gasteiger partial charge in [0.05, 0.1) is 48.1 Å². The molecule has 0 aliphatic heterocycles. The molecule has 1 aromatic carbocycles. The van der Waals surface area contributed by atoms with Gasteiger partial charge in [0.2, 0.25) is 11.5 Å². The van der Waals surface area contributed by atoms with Crippen molar-refractivity contribution in [1.82, 2.24) is 20.3 Å². The number of methoxy groups -OCH3 is 1. The van der Waals surface area contributed by atoms with Crippen molar-refractivity contribution in [3.63, 3.8) is 0 Å². The number of benzene rings is 1. The lowest BCUT2D eigenvalue weighted by atomic mass is 9.93. The molecule has 4 aromatic rings. The first-order valence-corrected chi connectivity index (χ1v) is 14.1. The number of rotatable bonds is 10. The van der Waals surface area contributed by atoms with E-state index in [1.807, 2.05) is 0 Å². The van der Waals surface area contributed by atoms with E-state index >= 15 is 0 Å². The second-order valence-electron chi connectivity index (χ2n) is 9.93. The zero-order chi connectivity index (χ0) is 34.0. The summed E-state index contributed by atoms with van der Waals surface area (Å²) in [7, 11) is 1.33. The Morgan fingerprint density at radius 2 is 1.85 bits per heavy atom. The molecule has 0 bridgehead atoms. The Labute approximate surface area is 270 Å². The number of halogens is 5.